The molecule has 0 aliphatic carbocycles. The number of aromatic nitrogens is 3. The Morgan fingerprint density at radius 3 is 2.53 bits per heavy atom. The van der Waals surface area contributed by atoms with Crippen molar-refractivity contribution in [2.45, 2.75) is 38.1 Å². The summed E-state index contributed by atoms with van der Waals surface area (Å²) in [7, 11) is 3.91. The topological polar surface area (TPSA) is 138 Å². The van der Waals surface area contributed by atoms with Crippen LogP contribution in [0.4, 0.5) is 13.2 Å². The summed E-state index contributed by atoms with van der Waals surface area (Å²) in [6, 6.07) is 4.93. The lowest BCUT2D eigenvalue weighted by molar-refractivity contribution is -0.192. The standard InChI is InChI=1S/C18H20N6O3.C2HF3O2/c1-22(2)9-12-10-24(21-20-12)13-4-3-11-8-23(18(27)14(11)7-13)15-5-6-16(25)19-17(15)26;3-2(4,5)1(6)7/h3-4,7,10,15H,5-6,8-9H2,1-2H3,(H,19,25,26);(H,6,7). The zero-order valence-electron chi connectivity index (χ0n) is 18.2. The van der Waals surface area contributed by atoms with E-state index in [4.69, 9.17) is 9.90 Å². The summed E-state index contributed by atoms with van der Waals surface area (Å²) in [5.41, 5.74) is 2.99. The molecule has 4 rings (SSSR count). The Morgan fingerprint density at radius 1 is 1.26 bits per heavy atom. The third-order valence-electron chi connectivity index (χ3n) is 5.04. The maximum absolute atomic E-state index is 12.9. The van der Waals surface area contributed by atoms with Gasteiger partial charge in [0, 0.05) is 25.1 Å². The zero-order valence-corrected chi connectivity index (χ0v) is 18.2. The third kappa shape index (κ3) is 5.57. The van der Waals surface area contributed by atoms with Crippen molar-refractivity contribution in [2.24, 2.45) is 0 Å². The van der Waals surface area contributed by atoms with Crippen LogP contribution >= 0.6 is 0 Å². The summed E-state index contributed by atoms with van der Waals surface area (Å²) in [6.45, 7) is 1.04. The lowest BCUT2D eigenvalue weighted by Gasteiger charge is -2.29. The number of nitrogens with one attached hydrogen (secondary N) is 1. The van der Waals surface area contributed by atoms with Crippen molar-refractivity contribution in [1.29, 1.82) is 0 Å². The molecule has 1 aromatic carbocycles. The molecule has 3 amide bonds. The molecule has 0 spiro atoms. The number of carbonyl (C=O) groups excluding carboxylic acids is 3. The van der Waals surface area contributed by atoms with Gasteiger partial charge in [0.25, 0.3) is 5.91 Å². The van der Waals surface area contributed by atoms with Crippen LogP contribution in [0.1, 0.15) is 34.5 Å². The van der Waals surface area contributed by atoms with Gasteiger partial charge in [-0.15, -0.1) is 5.10 Å². The van der Waals surface area contributed by atoms with E-state index in [9.17, 15) is 27.6 Å². The highest BCUT2D eigenvalue weighted by Gasteiger charge is 2.39. The van der Waals surface area contributed by atoms with Crippen molar-refractivity contribution >= 4 is 23.7 Å². The predicted molar refractivity (Wildman–Crippen MR) is 108 cm³/mol. The van der Waals surface area contributed by atoms with E-state index in [-0.39, 0.29) is 18.2 Å². The van der Waals surface area contributed by atoms with Gasteiger partial charge in [0.2, 0.25) is 11.8 Å². The van der Waals surface area contributed by atoms with E-state index in [0.29, 0.717) is 25.1 Å². The summed E-state index contributed by atoms with van der Waals surface area (Å²) in [6.07, 6.45) is -2.65. The Labute approximate surface area is 191 Å². The lowest BCUT2D eigenvalue weighted by atomic mass is 10.0. The molecule has 2 aliphatic heterocycles. The Hall–Kier alpha value is -3.81. The number of hydrogen-bond acceptors (Lipinski definition) is 7. The van der Waals surface area contributed by atoms with Gasteiger partial charge in [-0.25, -0.2) is 9.48 Å². The van der Waals surface area contributed by atoms with Crippen LogP contribution in [0, 0.1) is 0 Å². The van der Waals surface area contributed by atoms with Crippen molar-refractivity contribution in [2.75, 3.05) is 14.1 Å². The first-order valence-electron chi connectivity index (χ1n) is 10.0. The van der Waals surface area contributed by atoms with Crippen LogP contribution in [-0.4, -0.2) is 79.9 Å². The van der Waals surface area contributed by atoms with Crippen LogP contribution in [0.5, 0.6) is 0 Å². The number of alkyl halides is 3. The minimum absolute atomic E-state index is 0.199. The number of hydrogen-bond donors (Lipinski definition) is 2. The second kappa shape index (κ2) is 9.59. The van der Waals surface area contributed by atoms with Crippen LogP contribution < -0.4 is 5.32 Å². The minimum Gasteiger partial charge on any atom is -0.475 e. The van der Waals surface area contributed by atoms with E-state index in [1.807, 2.05) is 37.3 Å². The number of imide groups is 1. The van der Waals surface area contributed by atoms with Gasteiger partial charge in [-0.1, -0.05) is 11.3 Å². The van der Waals surface area contributed by atoms with E-state index < -0.39 is 24.1 Å². The molecule has 1 saturated heterocycles. The SMILES string of the molecule is CN(C)Cc1cn(-c2ccc3c(c2)C(=O)N(C2CCC(=O)NC2=O)C3)nn1.O=C(O)C(F)(F)F. The fraction of sp³-hybridized carbons (Fsp3) is 0.400. The van der Waals surface area contributed by atoms with Gasteiger partial charge in [0.15, 0.2) is 0 Å². The Morgan fingerprint density at radius 2 is 1.94 bits per heavy atom. The number of carboxylic acid groups (broad SMARTS) is 1. The first kappa shape index (κ1) is 24.8. The van der Waals surface area contributed by atoms with Crippen molar-refractivity contribution in [1.82, 2.24) is 30.1 Å². The van der Waals surface area contributed by atoms with Crippen molar-refractivity contribution < 1.29 is 37.5 Å². The molecule has 182 valence electrons. The molecule has 1 unspecified atom stereocenters. The smallest absolute Gasteiger partial charge is 0.475 e. The number of nitrogens with zero attached hydrogens (tertiary/aromatic N) is 5. The Bertz CT molecular complexity index is 1130. The highest BCUT2D eigenvalue weighted by atomic mass is 19.4. The summed E-state index contributed by atoms with van der Waals surface area (Å²) in [5.74, 6) is -3.65. The predicted octanol–water partition coefficient (Wildman–Crippen LogP) is 0.723. The Kier molecular flexibility index (Phi) is 7.00. The number of carboxylic acids is 1. The second-order valence-corrected chi connectivity index (χ2v) is 7.94. The van der Waals surface area contributed by atoms with Gasteiger partial charge < -0.3 is 14.9 Å². The van der Waals surface area contributed by atoms with E-state index in [0.717, 1.165) is 16.9 Å². The van der Waals surface area contributed by atoms with Crippen molar-refractivity contribution in [3.05, 3.63) is 41.2 Å². The van der Waals surface area contributed by atoms with Gasteiger partial charge in [-0.3, -0.25) is 19.7 Å². The monoisotopic (exact) mass is 482 g/mol. The first-order chi connectivity index (χ1) is 15.9. The zero-order chi connectivity index (χ0) is 25.2. The second-order valence-electron chi connectivity index (χ2n) is 7.94. The van der Waals surface area contributed by atoms with Gasteiger partial charge >= 0.3 is 12.1 Å². The number of rotatable bonds is 4. The van der Waals surface area contributed by atoms with E-state index in [1.54, 1.807) is 10.7 Å². The van der Waals surface area contributed by atoms with Gasteiger partial charge in [-0.05, 0) is 38.2 Å². The van der Waals surface area contributed by atoms with Crippen LogP contribution in [0.2, 0.25) is 0 Å². The molecule has 1 fully saturated rings. The highest BCUT2D eigenvalue weighted by Crippen LogP contribution is 2.29. The van der Waals surface area contributed by atoms with E-state index >= 15 is 0 Å². The molecule has 3 heterocycles. The maximum Gasteiger partial charge on any atom is 0.490 e. The number of benzene rings is 1. The van der Waals surface area contributed by atoms with E-state index in [1.165, 1.54) is 4.90 Å². The van der Waals surface area contributed by atoms with Crippen molar-refractivity contribution in [3.63, 3.8) is 0 Å². The minimum atomic E-state index is -5.08. The number of amides is 3. The summed E-state index contributed by atoms with van der Waals surface area (Å²) < 4.78 is 33.4. The molecule has 0 radical (unpaired) electrons. The molecule has 1 aromatic heterocycles. The molecule has 34 heavy (non-hydrogen) atoms. The average molecular weight is 482 g/mol. The quantitative estimate of drug-likeness (QED) is 0.609. The Balaban J connectivity index is 0.000000406. The molecule has 2 aliphatic rings. The van der Waals surface area contributed by atoms with Crippen LogP contribution in [-0.2, 0) is 27.5 Å². The highest BCUT2D eigenvalue weighted by molar-refractivity contribution is 6.05. The van der Waals surface area contributed by atoms with Crippen LogP contribution in [0.3, 0.4) is 0 Å². The fourth-order valence-corrected chi connectivity index (χ4v) is 3.51. The number of aliphatic carboxylic acids is 1. The molecule has 11 nitrogen and oxygen atoms in total. The molecular weight excluding hydrogens is 461 g/mol. The molecule has 14 heteroatoms. The van der Waals surface area contributed by atoms with Crippen molar-refractivity contribution in [3.8, 4) is 5.69 Å². The number of carbonyl (C=O) groups is 4. The first-order valence-corrected chi connectivity index (χ1v) is 10.0. The van der Waals surface area contributed by atoms with E-state index in [2.05, 4.69) is 15.6 Å². The molecule has 1 atom stereocenters. The summed E-state index contributed by atoms with van der Waals surface area (Å²) in [4.78, 5) is 48.8. The molecule has 2 N–H and O–H groups in total. The number of halogens is 3. The fourth-order valence-electron chi connectivity index (χ4n) is 3.51. The normalized spacial score (nSPS) is 17.9. The third-order valence-corrected chi connectivity index (χ3v) is 5.04. The van der Waals surface area contributed by atoms with Crippen LogP contribution in [0.15, 0.2) is 24.4 Å². The molecular formula is C20H21F3N6O5. The lowest BCUT2D eigenvalue weighted by Crippen LogP contribution is -2.52. The van der Waals surface area contributed by atoms with Gasteiger partial charge in [-0.2, -0.15) is 13.2 Å². The summed E-state index contributed by atoms with van der Waals surface area (Å²) in [5, 5.41) is 17.7. The maximum atomic E-state index is 12.9. The molecule has 0 bridgehead atoms. The largest absolute Gasteiger partial charge is 0.490 e. The number of piperidine rings is 1. The number of fused-ring (bicyclic) bond motifs is 1. The average Bonchev–Trinajstić information content (AvgIpc) is 3.32. The summed E-state index contributed by atoms with van der Waals surface area (Å²) >= 11 is 0. The molecule has 0 saturated carbocycles. The van der Waals surface area contributed by atoms with Crippen LogP contribution in [0.25, 0.3) is 5.69 Å². The molecule has 2 aromatic rings. The van der Waals surface area contributed by atoms with Gasteiger partial charge in [0.1, 0.15) is 6.04 Å². The van der Waals surface area contributed by atoms with Gasteiger partial charge in [0.05, 0.1) is 17.6 Å².